The van der Waals surface area contributed by atoms with Crippen molar-refractivity contribution in [1.29, 1.82) is 0 Å². The van der Waals surface area contributed by atoms with E-state index in [1.807, 2.05) is 12.2 Å². The number of terminal acetylenes is 1. The first-order valence-electron chi connectivity index (χ1n) is 4.49. The fraction of sp³-hybridized carbons (Fsp3) is 0.273. The molecule has 0 aromatic carbocycles. The molecule has 2 rings (SSSR count). The molecule has 0 unspecified atom stereocenters. The van der Waals surface area contributed by atoms with Gasteiger partial charge in [-0.15, -0.1) is 6.42 Å². The molecule has 0 spiro atoms. The average molecular weight is 189 g/mol. The summed E-state index contributed by atoms with van der Waals surface area (Å²) in [6, 6.07) is 0. The van der Waals surface area contributed by atoms with E-state index in [9.17, 15) is 10.2 Å². The van der Waals surface area contributed by atoms with Crippen LogP contribution in [0.3, 0.4) is 0 Å². The highest BCUT2D eigenvalue weighted by Crippen LogP contribution is 2.37. The van der Waals surface area contributed by atoms with Gasteiger partial charge in [0.25, 0.3) is 0 Å². The molecule has 1 heterocycles. The lowest BCUT2D eigenvalue weighted by molar-refractivity contribution is 0.378. The van der Waals surface area contributed by atoms with Crippen LogP contribution >= 0.6 is 0 Å². The zero-order valence-electron chi connectivity index (χ0n) is 7.70. The highest BCUT2D eigenvalue weighted by atomic mass is 16.3. The molecule has 0 bridgehead atoms. The molecule has 3 nitrogen and oxygen atoms in total. The molecule has 1 aliphatic carbocycles. The van der Waals surface area contributed by atoms with Crippen LogP contribution in [0.4, 0.5) is 0 Å². The number of hydrogen-bond acceptors (Lipinski definition) is 2. The van der Waals surface area contributed by atoms with Crippen LogP contribution in [0.5, 0.6) is 11.8 Å². The molecule has 0 amide bonds. The minimum Gasteiger partial charge on any atom is -0.494 e. The molecule has 72 valence electrons. The number of aromatic nitrogens is 1. The third kappa shape index (κ3) is 1.08. The Morgan fingerprint density at radius 3 is 2.86 bits per heavy atom. The Kier molecular flexibility index (Phi) is 1.97. The highest BCUT2D eigenvalue weighted by Gasteiger charge is 2.21. The van der Waals surface area contributed by atoms with Crippen LogP contribution in [-0.2, 0) is 13.0 Å². The van der Waals surface area contributed by atoms with Gasteiger partial charge in [0.15, 0.2) is 5.88 Å². The van der Waals surface area contributed by atoms with Crippen LogP contribution in [0.15, 0.2) is 6.08 Å². The summed E-state index contributed by atoms with van der Waals surface area (Å²) in [7, 11) is 0. The summed E-state index contributed by atoms with van der Waals surface area (Å²) in [6.07, 6.45) is 10.6. The predicted octanol–water partition coefficient (Wildman–Crippen LogP) is 1.49. The zero-order valence-corrected chi connectivity index (χ0v) is 7.70. The zero-order chi connectivity index (χ0) is 10.1. The van der Waals surface area contributed by atoms with Crippen LogP contribution in [0.25, 0.3) is 6.08 Å². The normalized spacial score (nSPS) is 13.6. The van der Waals surface area contributed by atoms with E-state index in [2.05, 4.69) is 5.92 Å². The van der Waals surface area contributed by atoms with Crippen molar-refractivity contribution in [3.63, 3.8) is 0 Å². The van der Waals surface area contributed by atoms with E-state index in [4.69, 9.17) is 6.42 Å². The summed E-state index contributed by atoms with van der Waals surface area (Å²) in [6.45, 7) is 0.193. The van der Waals surface area contributed by atoms with Gasteiger partial charge in [0.2, 0.25) is 5.88 Å². The van der Waals surface area contributed by atoms with E-state index >= 15 is 0 Å². The van der Waals surface area contributed by atoms with Gasteiger partial charge in [-0.3, -0.25) is 4.57 Å². The second kappa shape index (κ2) is 3.15. The summed E-state index contributed by atoms with van der Waals surface area (Å²) in [4.78, 5) is 0. The Bertz CT molecular complexity index is 435. The molecule has 0 atom stereocenters. The van der Waals surface area contributed by atoms with Crippen molar-refractivity contribution in [1.82, 2.24) is 4.57 Å². The standard InChI is InChI=1S/C11H11NO2/c1-2-7-12-10(13)8-5-3-4-6-9(8)11(12)14/h1,3,5,13-14H,4,6-7H2. The molecule has 0 saturated heterocycles. The molecular weight excluding hydrogens is 178 g/mol. The van der Waals surface area contributed by atoms with E-state index in [1.54, 1.807) is 0 Å². The maximum absolute atomic E-state index is 9.76. The third-order valence-electron chi connectivity index (χ3n) is 2.44. The first-order chi connectivity index (χ1) is 6.75. The van der Waals surface area contributed by atoms with Crippen molar-refractivity contribution >= 4 is 6.08 Å². The number of allylic oxidation sites excluding steroid dienone is 1. The largest absolute Gasteiger partial charge is 0.494 e. The molecule has 0 saturated carbocycles. The van der Waals surface area contributed by atoms with Crippen molar-refractivity contribution in [2.45, 2.75) is 19.4 Å². The summed E-state index contributed by atoms with van der Waals surface area (Å²) in [5.41, 5.74) is 1.49. The Hall–Kier alpha value is -1.82. The molecule has 1 aromatic heterocycles. The van der Waals surface area contributed by atoms with E-state index in [-0.39, 0.29) is 18.3 Å². The Balaban J connectivity index is 2.59. The maximum Gasteiger partial charge on any atom is 0.202 e. The Morgan fingerprint density at radius 2 is 2.21 bits per heavy atom. The lowest BCUT2D eigenvalue weighted by Gasteiger charge is -2.03. The van der Waals surface area contributed by atoms with Gasteiger partial charge in [0.05, 0.1) is 6.54 Å². The minimum absolute atomic E-state index is 0.0615. The molecule has 2 N–H and O–H groups in total. The van der Waals surface area contributed by atoms with Gasteiger partial charge in [-0.1, -0.05) is 18.1 Å². The number of rotatable bonds is 1. The first-order valence-corrected chi connectivity index (χ1v) is 4.49. The smallest absolute Gasteiger partial charge is 0.202 e. The SMILES string of the molecule is C#CCn1c(O)c2c(c1O)CCC=C2. The van der Waals surface area contributed by atoms with Gasteiger partial charge >= 0.3 is 0 Å². The summed E-state index contributed by atoms with van der Waals surface area (Å²) in [5.74, 6) is 2.55. The molecule has 0 fully saturated rings. The molecule has 1 aliphatic rings. The number of fused-ring (bicyclic) bond motifs is 1. The van der Waals surface area contributed by atoms with Gasteiger partial charge < -0.3 is 10.2 Å². The second-order valence-electron chi connectivity index (χ2n) is 3.27. The monoisotopic (exact) mass is 189 g/mol. The number of nitrogens with zero attached hydrogens (tertiary/aromatic N) is 1. The van der Waals surface area contributed by atoms with E-state index in [0.29, 0.717) is 5.56 Å². The van der Waals surface area contributed by atoms with Crippen molar-refractivity contribution in [2.24, 2.45) is 0 Å². The summed E-state index contributed by atoms with van der Waals surface area (Å²) >= 11 is 0. The van der Waals surface area contributed by atoms with Crippen LogP contribution in [0.2, 0.25) is 0 Å². The van der Waals surface area contributed by atoms with Gasteiger partial charge in [-0.25, -0.2) is 0 Å². The van der Waals surface area contributed by atoms with Crippen LogP contribution in [0.1, 0.15) is 17.5 Å². The highest BCUT2D eigenvalue weighted by molar-refractivity contribution is 5.65. The van der Waals surface area contributed by atoms with Gasteiger partial charge in [0, 0.05) is 11.1 Å². The lowest BCUT2D eigenvalue weighted by Crippen LogP contribution is -1.93. The van der Waals surface area contributed by atoms with Gasteiger partial charge in [-0.05, 0) is 12.8 Å². The number of aromatic hydroxyl groups is 2. The molecule has 1 aromatic rings. The fourth-order valence-corrected chi connectivity index (χ4v) is 1.76. The molecule has 0 radical (unpaired) electrons. The van der Waals surface area contributed by atoms with Crippen LogP contribution in [-0.4, -0.2) is 14.8 Å². The third-order valence-corrected chi connectivity index (χ3v) is 2.44. The molecule has 3 heteroatoms. The second-order valence-corrected chi connectivity index (χ2v) is 3.27. The van der Waals surface area contributed by atoms with Crippen molar-refractivity contribution in [3.8, 4) is 24.1 Å². The van der Waals surface area contributed by atoms with Crippen LogP contribution < -0.4 is 0 Å². The topological polar surface area (TPSA) is 45.4 Å². The number of hydrogen-bond donors (Lipinski definition) is 2. The Labute approximate surface area is 82.3 Å². The molecular formula is C11H11NO2. The summed E-state index contributed by atoms with van der Waals surface area (Å²) in [5, 5.41) is 19.5. The van der Waals surface area contributed by atoms with E-state index < -0.39 is 0 Å². The van der Waals surface area contributed by atoms with E-state index in [1.165, 1.54) is 4.57 Å². The molecule has 0 aliphatic heterocycles. The van der Waals surface area contributed by atoms with Crippen molar-refractivity contribution in [2.75, 3.05) is 0 Å². The van der Waals surface area contributed by atoms with Crippen molar-refractivity contribution < 1.29 is 10.2 Å². The predicted molar refractivity (Wildman–Crippen MR) is 53.9 cm³/mol. The van der Waals surface area contributed by atoms with Crippen molar-refractivity contribution in [3.05, 3.63) is 17.2 Å². The Morgan fingerprint density at radius 1 is 1.43 bits per heavy atom. The quantitative estimate of drug-likeness (QED) is 0.657. The first kappa shape index (κ1) is 8.76. The summed E-state index contributed by atoms with van der Waals surface area (Å²) < 4.78 is 1.35. The average Bonchev–Trinajstić information content (AvgIpc) is 2.45. The lowest BCUT2D eigenvalue weighted by atomic mass is 10.0. The fourth-order valence-electron chi connectivity index (χ4n) is 1.76. The van der Waals surface area contributed by atoms with Gasteiger partial charge in [0.1, 0.15) is 0 Å². The minimum atomic E-state index is 0.0615. The van der Waals surface area contributed by atoms with Crippen LogP contribution in [0, 0.1) is 12.3 Å². The molecule has 14 heavy (non-hydrogen) atoms. The van der Waals surface area contributed by atoms with Gasteiger partial charge in [-0.2, -0.15) is 0 Å². The maximum atomic E-state index is 9.76. The van der Waals surface area contributed by atoms with E-state index in [0.717, 1.165) is 18.4 Å².